The molecule has 1 aromatic rings. The number of carbonyl (C=O) groups is 1. The number of nitrogens with zero attached hydrogens (tertiary/aromatic N) is 3. The molecule has 1 atom stereocenters. The summed E-state index contributed by atoms with van der Waals surface area (Å²) in [6.45, 7) is 10.7. The highest BCUT2D eigenvalue weighted by Gasteiger charge is 2.32. The largest absolute Gasteiger partial charge is 0.371 e. The Hall–Kier alpha value is -1.59. The lowest BCUT2D eigenvalue weighted by Crippen LogP contribution is -2.63. The number of amides is 1. The number of carbonyl (C=O) groups excluding carboxylic acids is 1. The van der Waals surface area contributed by atoms with E-state index in [1.54, 1.807) is 0 Å². The summed E-state index contributed by atoms with van der Waals surface area (Å²) in [6.07, 6.45) is 2.45. The molecule has 4 aliphatic heterocycles. The Balaban J connectivity index is 1.45. The molecule has 130 valence electrons. The summed E-state index contributed by atoms with van der Waals surface area (Å²) in [5.41, 5.74) is 3.09. The zero-order chi connectivity index (χ0) is 16.5. The molecule has 5 rings (SSSR count). The van der Waals surface area contributed by atoms with E-state index in [1.807, 2.05) is 6.07 Å². The number of fused-ring (bicyclic) bond motifs is 3. The number of benzene rings is 1. The van der Waals surface area contributed by atoms with Gasteiger partial charge in [-0.05, 0) is 31.9 Å². The second kappa shape index (κ2) is 6.73. The first kappa shape index (κ1) is 15.9. The Morgan fingerprint density at radius 3 is 2.54 bits per heavy atom. The highest BCUT2D eigenvalue weighted by Crippen LogP contribution is 2.26. The third kappa shape index (κ3) is 3.15. The van der Waals surface area contributed by atoms with Gasteiger partial charge >= 0.3 is 0 Å². The Kier molecular flexibility index (Phi) is 4.46. The minimum atomic E-state index is 0.0817. The van der Waals surface area contributed by atoms with Crippen molar-refractivity contribution in [3.05, 3.63) is 29.3 Å². The van der Waals surface area contributed by atoms with Crippen LogP contribution in [0.5, 0.6) is 0 Å². The zero-order valence-corrected chi connectivity index (χ0v) is 14.6. The van der Waals surface area contributed by atoms with Crippen molar-refractivity contribution in [3.63, 3.8) is 0 Å². The SMILES string of the molecule is Cc1ccc(N2CCCC2)c(C(=O)NCC2CN3CCN2CC3)c1. The fourth-order valence-corrected chi connectivity index (χ4v) is 4.29. The first-order valence-electron chi connectivity index (χ1n) is 9.31. The third-order valence-corrected chi connectivity index (χ3v) is 5.73. The summed E-state index contributed by atoms with van der Waals surface area (Å²) in [5, 5.41) is 3.21. The van der Waals surface area contributed by atoms with Gasteiger partial charge in [0.1, 0.15) is 0 Å². The van der Waals surface area contributed by atoms with E-state index in [0.717, 1.165) is 56.1 Å². The van der Waals surface area contributed by atoms with Crippen LogP contribution in [-0.4, -0.2) is 74.1 Å². The molecule has 0 saturated carbocycles. The fraction of sp³-hybridized carbons (Fsp3) is 0.632. The lowest BCUT2D eigenvalue weighted by atomic mass is 10.1. The summed E-state index contributed by atoms with van der Waals surface area (Å²) in [5.74, 6) is 0.0817. The van der Waals surface area contributed by atoms with E-state index < -0.39 is 0 Å². The molecular formula is C19H28N4O. The second-order valence-corrected chi connectivity index (χ2v) is 7.42. The monoisotopic (exact) mass is 328 g/mol. The van der Waals surface area contributed by atoms with Crippen LogP contribution in [-0.2, 0) is 0 Å². The van der Waals surface area contributed by atoms with E-state index >= 15 is 0 Å². The number of anilines is 1. The summed E-state index contributed by atoms with van der Waals surface area (Å²) >= 11 is 0. The van der Waals surface area contributed by atoms with Crippen molar-refractivity contribution in [1.29, 1.82) is 0 Å². The van der Waals surface area contributed by atoms with Crippen molar-refractivity contribution in [1.82, 2.24) is 15.1 Å². The maximum absolute atomic E-state index is 12.9. The van der Waals surface area contributed by atoms with Crippen LogP contribution in [0.15, 0.2) is 18.2 Å². The number of rotatable bonds is 4. The van der Waals surface area contributed by atoms with Crippen LogP contribution in [0.3, 0.4) is 0 Å². The van der Waals surface area contributed by atoms with Crippen molar-refractivity contribution in [3.8, 4) is 0 Å². The van der Waals surface area contributed by atoms with Crippen LogP contribution in [0.1, 0.15) is 28.8 Å². The molecule has 0 radical (unpaired) electrons. The topological polar surface area (TPSA) is 38.8 Å². The molecule has 4 heterocycles. The Morgan fingerprint density at radius 2 is 1.88 bits per heavy atom. The van der Waals surface area contributed by atoms with Gasteiger partial charge in [0.2, 0.25) is 0 Å². The molecule has 1 N–H and O–H groups in total. The maximum atomic E-state index is 12.9. The van der Waals surface area contributed by atoms with E-state index in [0.29, 0.717) is 6.04 Å². The standard InChI is InChI=1S/C19H28N4O/c1-15-4-5-18(23-6-2-3-7-23)17(12-15)19(24)20-13-16-14-21-8-10-22(16)11-9-21/h4-5,12,16H,2-3,6-11,13-14H2,1H3,(H,20,24). The third-order valence-electron chi connectivity index (χ3n) is 5.73. The number of aryl methyl sites for hydroxylation is 1. The minimum absolute atomic E-state index is 0.0817. The van der Waals surface area contributed by atoms with Gasteiger partial charge in [-0.1, -0.05) is 11.6 Å². The fourth-order valence-electron chi connectivity index (χ4n) is 4.29. The first-order chi connectivity index (χ1) is 11.7. The van der Waals surface area contributed by atoms with E-state index in [-0.39, 0.29) is 5.91 Å². The molecule has 0 spiro atoms. The zero-order valence-electron chi connectivity index (χ0n) is 14.6. The number of piperazine rings is 3. The van der Waals surface area contributed by atoms with E-state index in [4.69, 9.17) is 0 Å². The molecular weight excluding hydrogens is 300 g/mol. The smallest absolute Gasteiger partial charge is 0.253 e. The normalized spacial score (nSPS) is 29.0. The summed E-state index contributed by atoms with van der Waals surface area (Å²) in [6, 6.07) is 6.74. The molecule has 4 saturated heterocycles. The maximum Gasteiger partial charge on any atom is 0.253 e. The first-order valence-corrected chi connectivity index (χ1v) is 9.31. The van der Waals surface area contributed by atoms with Crippen molar-refractivity contribution < 1.29 is 4.79 Å². The second-order valence-electron chi connectivity index (χ2n) is 7.42. The van der Waals surface area contributed by atoms with E-state index in [9.17, 15) is 4.79 Å². The van der Waals surface area contributed by atoms with E-state index in [2.05, 4.69) is 39.1 Å². The van der Waals surface area contributed by atoms with Gasteiger partial charge in [0.05, 0.1) is 5.56 Å². The van der Waals surface area contributed by atoms with Crippen molar-refractivity contribution in [2.45, 2.75) is 25.8 Å². The Morgan fingerprint density at radius 1 is 1.12 bits per heavy atom. The van der Waals surface area contributed by atoms with Gasteiger partial charge in [-0.25, -0.2) is 0 Å². The molecule has 24 heavy (non-hydrogen) atoms. The van der Waals surface area contributed by atoms with Crippen LogP contribution in [0.2, 0.25) is 0 Å². The van der Waals surface area contributed by atoms with Gasteiger partial charge in [0.25, 0.3) is 5.91 Å². The summed E-state index contributed by atoms with van der Waals surface area (Å²) in [7, 11) is 0. The van der Waals surface area contributed by atoms with Gasteiger partial charge < -0.3 is 10.2 Å². The van der Waals surface area contributed by atoms with Gasteiger partial charge in [0.15, 0.2) is 0 Å². The highest BCUT2D eigenvalue weighted by atomic mass is 16.1. The lowest BCUT2D eigenvalue weighted by Gasteiger charge is -2.47. The highest BCUT2D eigenvalue weighted by molar-refractivity contribution is 6.00. The number of nitrogens with one attached hydrogen (secondary N) is 1. The predicted octanol–water partition coefficient (Wildman–Crippen LogP) is 1.32. The van der Waals surface area contributed by atoms with Crippen LogP contribution in [0.25, 0.3) is 0 Å². The quantitative estimate of drug-likeness (QED) is 0.905. The van der Waals surface area contributed by atoms with Crippen LogP contribution < -0.4 is 10.2 Å². The van der Waals surface area contributed by atoms with Crippen molar-refractivity contribution >= 4 is 11.6 Å². The van der Waals surface area contributed by atoms with Crippen LogP contribution in [0, 0.1) is 6.92 Å². The van der Waals surface area contributed by atoms with Gasteiger partial charge in [-0.3, -0.25) is 14.6 Å². The number of hydrogen-bond acceptors (Lipinski definition) is 4. The molecule has 5 nitrogen and oxygen atoms in total. The Bertz CT molecular complexity index is 603. The van der Waals surface area contributed by atoms with Crippen LogP contribution in [0.4, 0.5) is 5.69 Å². The minimum Gasteiger partial charge on any atom is -0.371 e. The van der Waals surface area contributed by atoms with Gasteiger partial charge in [0, 0.05) is 64.1 Å². The molecule has 1 aromatic carbocycles. The average Bonchev–Trinajstić information content (AvgIpc) is 3.15. The molecule has 2 bridgehead atoms. The molecule has 1 unspecified atom stereocenters. The summed E-state index contributed by atoms with van der Waals surface area (Å²) < 4.78 is 0. The molecule has 4 aliphatic rings. The van der Waals surface area contributed by atoms with Crippen LogP contribution >= 0.6 is 0 Å². The molecule has 5 heteroatoms. The predicted molar refractivity (Wildman–Crippen MR) is 96.8 cm³/mol. The van der Waals surface area contributed by atoms with E-state index in [1.165, 1.54) is 25.9 Å². The lowest BCUT2D eigenvalue weighted by molar-refractivity contribution is 0.0138. The number of hydrogen-bond donors (Lipinski definition) is 1. The van der Waals surface area contributed by atoms with Gasteiger partial charge in [-0.2, -0.15) is 0 Å². The van der Waals surface area contributed by atoms with Crippen molar-refractivity contribution in [2.24, 2.45) is 0 Å². The average molecular weight is 328 g/mol. The van der Waals surface area contributed by atoms with Crippen molar-refractivity contribution in [2.75, 3.05) is 57.3 Å². The molecule has 0 aromatic heterocycles. The molecule has 0 aliphatic carbocycles. The molecule has 4 fully saturated rings. The summed E-state index contributed by atoms with van der Waals surface area (Å²) in [4.78, 5) is 20.2. The van der Waals surface area contributed by atoms with Gasteiger partial charge in [-0.15, -0.1) is 0 Å². The Labute approximate surface area is 144 Å². The molecule has 1 amide bonds.